The van der Waals surface area contributed by atoms with Crippen LogP contribution in [0, 0.1) is 5.92 Å². The molecule has 0 N–H and O–H groups in total. The van der Waals surface area contributed by atoms with E-state index in [4.69, 9.17) is 18.9 Å². The molecule has 2 aliphatic rings. The second-order valence-corrected chi connectivity index (χ2v) is 13.4. The summed E-state index contributed by atoms with van der Waals surface area (Å²) in [5.41, 5.74) is 3.19. The first-order valence-electron chi connectivity index (χ1n) is 18.1. The van der Waals surface area contributed by atoms with E-state index in [-0.39, 0.29) is 23.9 Å². The third-order valence-electron chi connectivity index (χ3n) is 10.2. The number of aryl methyl sites for hydroxylation is 2. The average Bonchev–Trinajstić information content (AvgIpc) is 3.15. The van der Waals surface area contributed by atoms with E-state index in [1.54, 1.807) is 33.7 Å². The lowest BCUT2D eigenvalue weighted by Gasteiger charge is -2.40. The maximum atomic E-state index is 14.8. The summed E-state index contributed by atoms with van der Waals surface area (Å²) >= 11 is 0. The fourth-order valence-electron chi connectivity index (χ4n) is 7.65. The maximum Gasteiger partial charge on any atom is 0.329 e. The van der Waals surface area contributed by atoms with Crippen LogP contribution in [0.5, 0.6) is 17.2 Å². The van der Waals surface area contributed by atoms with E-state index in [1.165, 1.54) is 17.5 Å². The van der Waals surface area contributed by atoms with Gasteiger partial charge in [-0.1, -0.05) is 31.4 Å². The Bertz CT molecular complexity index is 1390. The Balaban J connectivity index is 1.35. The first kappa shape index (κ1) is 36.1. The number of aromatic nitrogens is 2. The van der Waals surface area contributed by atoms with Crippen LogP contribution in [0.25, 0.3) is 0 Å². The first-order valence-corrected chi connectivity index (χ1v) is 18.1. The monoisotopic (exact) mass is 671 g/mol. The van der Waals surface area contributed by atoms with Gasteiger partial charge in [0.2, 0.25) is 11.7 Å². The van der Waals surface area contributed by atoms with Gasteiger partial charge in [0, 0.05) is 31.3 Å². The molecule has 1 amide bonds. The van der Waals surface area contributed by atoms with E-state index in [9.17, 15) is 9.59 Å². The Morgan fingerprint density at radius 1 is 0.796 bits per heavy atom. The molecule has 3 heterocycles. The van der Waals surface area contributed by atoms with Crippen LogP contribution < -0.4 is 14.2 Å². The highest BCUT2D eigenvalue weighted by Gasteiger charge is 2.41. The lowest BCUT2D eigenvalue weighted by atomic mass is 9.75. The van der Waals surface area contributed by atoms with E-state index < -0.39 is 12.0 Å². The molecule has 1 saturated heterocycles. The highest BCUT2D eigenvalue weighted by molar-refractivity contribution is 5.89. The van der Waals surface area contributed by atoms with Gasteiger partial charge in [0.1, 0.15) is 12.1 Å². The van der Waals surface area contributed by atoms with Gasteiger partial charge < -0.3 is 23.8 Å². The van der Waals surface area contributed by atoms with Crippen LogP contribution in [0.4, 0.5) is 0 Å². The number of ether oxygens (including phenoxy) is 4. The minimum Gasteiger partial charge on any atom is -0.493 e. The molecule has 0 unspecified atom stereocenters. The Hall–Kier alpha value is -4.14. The van der Waals surface area contributed by atoms with Crippen LogP contribution in [0.1, 0.15) is 99.7 Å². The zero-order valence-corrected chi connectivity index (χ0v) is 29.5. The topological polar surface area (TPSA) is 100 Å². The molecule has 1 saturated carbocycles. The van der Waals surface area contributed by atoms with Crippen molar-refractivity contribution in [3.63, 3.8) is 0 Å². The highest BCUT2D eigenvalue weighted by Crippen LogP contribution is 2.45. The summed E-state index contributed by atoms with van der Waals surface area (Å²) in [5, 5.41) is 0. The van der Waals surface area contributed by atoms with Crippen LogP contribution in [-0.4, -0.2) is 66.8 Å². The Morgan fingerprint density at radius 3 is 1.92 bits per heavy atom. The van der Waals surface area contributed by atoms with Crippen molar-refractivity contribution >= 4 is 11.9 Å². The molecule has 9 heteroatoms. The average molecular weight is 672 g/mol. The second kappa shape index (κ2) is 18.6. The molecule has 0 bridgehead atoms. The fraction of sp³-hybridized carbons (Fsp3) is 0.550. The van der Waals surface area contributed by atoms with Crippen molar-refractivity contribution in [2.75, 3.05) is 27.9 Å². The molecular formula is C40H53N3O6. The molecule has 0 spiro atoms. The van der Waals surface area contributed by atoms with Gasteiger partial charge in [0.25, 0.3) is 0 Å². The number of hydrogen-bond acceptors (Lipinski definition) is 8. The number of piperidine rings is 1. The van der Waals surface area contributed by atoms with Gasteiger partial charge in [-0.2, -0.15) is 0 Å². The molecule has 9 nitrogen and oxygen atoms in total. The number of amides is 1. The number of likely N-dealkylation sites (tertiary alicyclic amines) is 1. The van der Waals surface area contributed by atoms with Crippen LogP contribution in [0.2, 0.25) is 0 Å². The molecular weight excluding hydrogens is 618 g/mol. The normalized spacial score (nSPS) is 17.4. The molecule has 2 atom stereocenters. The Labute approximate surface area is 291 Å². The summed E-state index contributed by atoms with van der Waals surface area (Å²) in [6, 6.07) is 11.3. The quantitative estimate of drug-likeness (QED) is 0.144. The Kier molecular flexibility index (Phi) is 13.7. The third kappa shape index (κ3) is 9.73. The van der Waals surface area contributed by atoms with Crippen molar-refractivity contribution in [2.24, 2.45) is 5.92 Å². The van der Waals surface area contributed by atoms with Gasteiger partial charge in [-0.3, -0.25) is 14.8 Å². The van der Waals surface area contributed by atoms with Gasteiger partial charge in [-0.05, 0) is 118 Å². The lowest BCUT2D eigenvalue weighted by molar-refractivity contribution is -0.163. The van der Waals surface area contributed by atoms with E-state index in [0.717, 1.165) is 82.6 Å². The van der Waals surface area contributed by atoms with Gasteiger partial charge in [0.15, 0.2) is 11.5 Å². The largest absolute Gasteiger partial charge is 0.493 e. The number of methoxy groups -OCH3 is 3. The summed E-state index contributed by atoms with van der Waals surface area (Å²) in [6.07, 6.45) is 19.8. The van der Waals surface area contributed by atoms with Gasteiger partial charge >= 0.3 is 5.97 Å². The molecule has 264 valence electrons. The standard InChI is InChI=1S/C40H53N3O6/c1-46-35-25-32(26-36(47-2)38(35)48-3)37(31-17-5-4-6-18-31)39(44)43-24-8-7-21-34(43)40(45)49-33(19-9-13-29-15-11-22-41-27-29)20-10-14-30-16-12-23-42-28-30/h11-12,15-16,22-23,25-28,31,33-34,37H,4-10,13-14,17-21,24H2,1-3H3/t34-,37-/m0/s1. The zero-order chi connectivity index (χ0) is 34.4. The molecule has 2 fully saturated rings. The van der Waals surface area contributed by atoms with Crippen LogP contribution in [0.15, 0.2) is 61.2 Å². The van der Waals surface area contributed by atoms with Crippen LogP contribution in [0.3, 0.4) is 0 Å². The molecule has 5 rings (SSSR count). The minimum absolute atomic E-state index is 0.00692. The van der Waals surface area contributed by atoms with E-state index in [2.05, 4.69) is 22.1 Å². The molecule has 2 aromatic heterocycles. The lowest BCUT2D eigenvalue weighted by Crippen LogP contribution is -2.51. The number of benzene rings is 1. The van der Waals surface area contributed by atoms with E-state index >= 15 is 0 Å². The summed E-state index contributed by atoms with van der Waals surface area (Å²) in [5.74, 6) is 1.01. The van der Waals surface area contributed by atoms with Crippen molar-refractivity contribution in [1.29, 1.82) is 0 Å². The molecule has 0 radical (unpaired) electrons. The van der Waals surface area contributed by atoms with Crippen molar-refractivity contribution in [3.05, 3.63) is 77.9 Å². The van der Waals surface area contributed by atoms with Gasteiger partial charge in [0.05, 0.1) is 27.2 Å². The van der Waals surface area contributed by atoms with Gasteiger partial charge in [-0.15, -0.1) is 0 Å². The van der Waals surface area contributed by atoms with Gasteiger partial charge in [-0.25, -0.2) is 4.79 Å². The number of rotatable bonds is 16. The predicted molar refractivity (Wildman–Crippen MR) is 189 cm³/mol. The SMILES string of the molecule is COc1cc([C@@H](C(=O)N2CCCC[C@H]2C(=O)OC(CCCc2cccnc2)CCCc2cccnc2)C2CCCCC2)cc(OC)c1OC. The fourth-order valence-corrected chi connectivity index (χ4v) is 7.65. The van der Waals surface area contributed by atoms with Crippen molar-refractivity contribution in [2.45, 2.75) is 108 Å². The van der Waals surface area contributed by atoms with Crippen LogP contribution >= 0.6 is 0 Å². The summed E-state index contributed by atoms with van der Waals surface area (Å²) < 4.78 is 23.3. The highest BCUT2D eigenvalue weighted by atomic mass is 16.5. The second-order valence-electron chi connectivity index (χ2n) is 13.4. The van der Waals surface area contributed by atoms with Crippen molar-refractivity contribution in [1.82, 2.24) is 14.9 Å². The zero-order valence-electron chi connectivity index (χ0n) is 29.5. The molecule has 1 aliphatic carbocycles. The summed E-state index contributed by atoms with van der Waals surface area (Å²) in [7, 11) is 4.77. The number of carbonyl (C=O) groups is 2. The minimum atomic E-state index is -0.603. The van der Waals surface area contributed by atoms with E-state index in [0.29, 0.717) is 30.2 Å². The number of nitrogens with zero attached hydrogens (tertiary/aromatic N) is 3. The first-order chi connectivity index (χ1) is 24.0. The van der Waals surface area contributed by atoms with E-state index in [1.807, 2.05) is 41.6 Å². The van der Waals surface area contributed by atoms with Crippen molar-refractivity contribution in [3.8, 4) is 17.2 Å². The van der Waals surface area contributed by atoms with Crippen LogP contribution in [-0.2, 0) is 27.2 Å². The smallest absolute Gasteiger partial charge is 0.329 e. The predicted octanol–water partition coefficient (Wildman–Crippen LogP) is 7.51. The third-order valence-corrected chi connectivity index (χ3v) is 10.2. The maximum absolute atomic E-state index is 14.8. The Morgan fingerprint density at radius 2 is 1.39 bits per heavy atom. The summed E-state index contributed by atoms with van der Waals surface area (Å²) in [6.45, 7) is 0.541. The van der Waals surface area contributed by atoms with Crippen molar-refractivity contribution < 1.29 is 28.5 Å². The number of carbonyl (C=O) groups excluding carboxylic acids is 2. The number of hydrogen-bond donors (Lipinski definition) is 0. The number of pyridine rings is 2. The number of esters is 1. The molecule has 3 aromatic rings. The molecule has 1 aromatic carbocycles. The molecule has 1 aliphatic heterocycles. The summed E-state index contributed by atoms with van der Waals surface area (Å²) in [4.78, 5) is 39.2. The molecule has 49 heavy (non-hydrogen) atoms.